The lowest BCUT2D eigenvalue weighted by Crippen LogP contribution is -2.03. The molecule has 0 unspecified atom stereocenters. The Kier molecular flexibility index (Phi) is 10.2. The van der Waals surface area contributed by atoms with Crippen molar-refractivity contribution in [2.75, 3.05) is 0 Å². The van der Waals surface area contributed by atoms with Gasteiger partial charge in [0.2, 0.25) is 11.3 Å². The number of hydrogen-bond acceptors (Lipinski definition) is 7. The Hall–Kier alpha value is -3.10. The van der Waals surface area contributed by atoms with Gasteiger partial charge in [-0.2, -0.15) is 0 Å². The van der Waals surface area contributed by atoms with Gasteiger partial charge in [-0.1, -0.05) is 59.7 Å². The van der Waals surface area contributed by atoms with Crippen LogP contribution in [0.3, 0.4) is 0 Å². The predicted octanol–water partition coefficient (Wildman–Crippen LogP) is 5.41. The van der Waals surface area contributed by atoms with Gasteiger partial charge in [-0.15, -0.1) is 0 Å². The average Bonchev–Trinajstić information content (AvgIpc) is 3.38. The van der Waals surface area contributed by atoms with Gasteiger partial charge < -0.3 is 4.57 Å². The molecule has 158 valence electrons. The van der Waals surface area contributed by atoms with Gasteiger partial charge in [-0.3, -0.25) is 4.94 Å². The first kappa shape index (κ1) is 23.9. The van der Waals surface area contributed by atoms with E-state index in [0.29, 0.717) is 35.4 Å². The minimum atomic E-state index is -0.889. The number of benzene rings is 1. The smallest absolute Gasteiger partial charge is 0.324 e. The highest BCUT2D eigenvalue weighted by Crippen LogP contribution is 2.27. The summed E-state index contributed by atoms with van der Waals surface area (Å²) in [6.07, 6.45) is 0.388. The van der Waals surface area contributed by atoms with Gasteiger partial charge in [0, 0.05) is 16.5 Å². The first-order valence-corrected chi connectivity index (χ1v) is 9.96. The number of halogens is 1. The molecule has 0 spiro atoms. The van der Waals surface area contributed by atoms with E-state index in [9.17, 15) is 9.32 Å². The van der Waals surface area contributed by atoms with Gasteiger partial charge in [0.25, 0.3) is 0 Å². The maximum atomic E-state index is 11.8. The molecule has 4 rings (SSSR count). The highest BCUT2D eigenvalue weighted by atomic mass is 19.3. The van der Waals surface area contributed by atoms with E-state index < -0.39 is 5.97 Å². The molecule has 0 amide bonds. The van der Waals surface area contributed by atoms with Crippen molar-refractivity contribution < 1.29 is 18.9 Å². The molecular formula is C20H28FN5O3. The lowest BCUT2D eigenvalue weighted by molar-refractivity contribution is -0.183. The van der Waals surface area contributed by atoms with Gasteiger partial charge in [-0.05, 0) is 22.8 Å². The summed E-state index contributed by atoms with van der Waals surface area (Å²) < 4.78 is 18.4. The normalized spacial score (nSPS) is 9.76. The number of aryl methyl sites for hydroxylation is 1. The Labute approximate surface area is 168 Å². The van der Waals surface area contributed by atoms with Crippen LogP contribution in [0.1, 0.15) is 54.4 Å². The third-order valence-corrected chi connectivity index (χ3v) is 3.65. The van der Waals surface area contributed by atoms with Crippen molar-refractivity contribution in [1.29, 1.82) is 0 Å². The van der Waals surface area contributed by atoms with E-state index in [4.69, 9.17) is 0 Å². The molecule has 0 atom stereocenters. The maximum Gasteiger partial charge on any atom is 0.348 e. The van der Waals surface area contributed by atoms with Crippen LogP contribution in [0.25, 0.3) is 33.4 Å². The minimum absolute atomic E-state index is 0.0221. The molecule has 0 radical (unpaired) electrons. The zero-order valence-electron chi connectivity index (χ0n) is 17.8. The number of rotatable bonds is 4. The zero-order valence-corrected chi connectivity index (χ0v) is 17.8. The van der Waals surface area contributed by atoms with E-state index in [1.54, 1.807) is 0 Å². The molecule has 0 aliphatic heterocycles. The monoisotopic (exact) mass is 405 g/mol. The second kappa shape index (κ2) is 12.4. The van der Waals surface area contributed by atoms with Gasteiger partial charge >= 0.3 is 5.97 Å². The fraction of sp³-hybridized carbons (Fsp3) is 0.450. The van der Waals surface area contributed by atoms with E-state index >= 15 is 0 Å². The lowest BCUT2D eigenvalue weighted by atomic mass is 10.2. The first-order valence-electron chi connectivity index (χ1n) is 9.96. The molecular weight excluding hydrogens is 377 g/mol. The van der Waals surface area contributed by atoms with Crippen molar-refractivity contribution in [2.45, 2.75) is 60.9 Å². The summed E-state index contributed by atoms with van der Waals surface area (Å²) in [5, 5.41) is 8.32. The largest absolute Gasteiger partial charge is 0.348 e. The zero-order chi connectivity index (χ0) is 21.8. The van der Waals surface area contributed by atoms with Crippen LogP contribution in [0.2, 0.25) is 0 Å². The van der Waals surface area contributed by atoms with Crippen LogP contribution in [0, 0.1) is 0 Å². The van der Waals surface area contributed by atoms with Crippen molar-refractivity contribution in [1.82, 2.24) is 24.8 Å². The topological polar surface area (TPSA) is 95.9 Å². The molecule has 9 heteroatoms. The molecule has 4 aromatic rings. The van der Waals surface area contributed by atoms with E-state index in [-0.39, 0.29) is 6.42 Å². The van der Waals surface area contributed by atoms with E-state index in [1.807, 2.05) is 70.4 Å². The third kappa shape index (κ3) is 5.24. The number of nitrogens with zero attached hydrogens (tertiary/aromatic N) is 5. The highest BCUT2D eigenvalue weighted by molar-refractivity contribution is 6.05. The summed E-state index contributed by atoms with van der Waals surface area (Å²) in [6.45, 7) is 12.5. The maximum absolute atomic E-state index is 11.8. The Morgan fingerprint density at radius 2 is 1.66 bits per heavy atom. The molecule has 8 nitrogen and oxygen atoms in total. The molecule has 0 saturated carbocycles. The van der Waals surface area contributed by atoms with Crippen LogP contribution in [0.15, 0.2) is 28.9 Å². The Morgan fingerprint density at radius 1 is 1.03 bits per heavy atom. The molecule has 0 bridgehead atoms. The first-order chi connectivity index (χ1) is 14.3. The molecule has 0 saturated heterocycles. The van der Waals surface area contributed by atoms with Gasteiger partial charge in [0.15, 0.2) is 5.65 Å². The molecule has 0 aliphatic rings. The van der Waals surface area contributed by atoms with Crippen LogP contribution in [0.4, 0.5) is 4.53 Å². The molecule has 0 fully saturated rings. The average molecular weight is 405 g/mol. The summed E-state index contributed by atoms with van der Waals surface area (Å²) in [5.74, 6) is -0.889. The minimum Gasteiger partial charge on any atom is -0.324 e. The van der Waals surface area contributed by atoms with Crippen molar-refractivity contribution in [3.8, 4) is 0 Å². The highest BCUT2D eigenvalue weighted by Gasteiger charge is 2.16. The summed E-state index contributed by atoms with van der Waals surface area (Å²) in [6, 6.07) is 7.67. The Bertz CT molecular complexity index is 1030. The number of para-hydroxylation sites is 1. The van der Waals surface area contributed by atoms with Crippen LogP contribution in [-0.2, 0) is 16.3 Å². The number of fused-ring (bicyclic) bond motifs is 4. The molecule has 3 heterocycles. The van der Waals surface area contributed by atoms with Crippen molar-refractivity contribution >= 4 is 39.3 Å². The van der Waals surface area contributed by atoms with Crippen molar-refractivity contribution in [3.05, 3.63) is 24.3 Å². The summed E-state index contributed by atoms with van der Waals surface area (Å²) in [7, 11) is 0. The van der Waals surface area contributed by atoms with Gasteiger partial charge in [-0.25, -0.2) is 19.4 Å². The second-order valence-electron chi connectivity index (χ2n) is 5.03. The van der Waals surface area contributed by atoms with Crippen molar-refractivity contribution in [2.24, 2.45) is 0 Å². The van der Waals surface area contributed by atoms with Crippen LogP contribution >= 0.6 is 0 Å². The quantitative estimate of drug-likeness (QED) is 0.448. The van der Waals surface area contributed by atoms with E-state index in [2.05, 4.69) is 29.9 Å². The van der Waals surface area contributed by atoms with Crippen LogP contribution < -0.4 is 0 Å². The second-order valence-corrected chi connectivity index (χ2v) is 5.03. The van der Waals surface area contributed by atoms with Gasteiger partial charge in [0.1, 0.15) is 5.52 Å². The van der Waals surface area contributed by atoms with Gasteiger partial charge in [0.05, 0.1) is 11.9 Å². The summed E-state index contributed by atoms with van der Waals surface area (Å²) in [4.78, 5) is 23.0. The number of carbonyl (C=O) groups excluding carboxylic acids is 1. The SMILES string of the molecule is CC.CC.CC.O=C(CCCn1c2ccccc2c2nc3nonc3nc21)OF. The molecule has 29 heavy (non-hydrogen) atoms. The third-order valence-electron chi connectivity index (χ3n) is 3.65. The molecule has 0 aliphatic carbocycles. The Balaban J connectivity index is 0.000000644. The standard InChI is InChI=1S/C14H10FN5O3.3C2H6/c15-22-10(21)6-3-7-20-9-5-2-1-4-8(9)11-14(20)17-13-12(16-11)18-23-19-13;3*1-2/h1-2,4-5H,3,6-7H2;3*1-2H3. The molecule has 0 N–H and O–H groups in total. The van der Waals surface area contributed by atoms with Crippen LogP contribution in [0.5, 0.6) is 0 Å². The molecule has 1 aromatic carbocycles. The molecule has 3 aromatic heterocycles. The summed E-state index contributed by atoms with van der Waals surface area (Å²) in [5.41, 5.74) is 2.85. The predicted molar refractivity (Wildman–Crippen MR) is 111 cm³/mol. The summed E-state index contributed by atoms with van der Waals surface area (Å²) >= 11 is 0. The van der Waals surface area contributed by atoms with E-state index in [0.717, 1.165) is 10.9 Å². The number of carbonyl (C=O) groups is 1. The van der Waals surface area contributed by atoms with E-state index in [1.165, 1.54) is 0 Å². The lowest BCUT2D eigenvalue weighted by Gasteiger charge is -2.05. The van der Waals surface area contributed by atoms with Crippen LogP contribution in [-0.4, -0.2) is 30.8 Å². The van der Waals surface area contributed by atoms with Crippen molar-refractivity contribution in [3.63, 3.8) is 0 Å². The fourth-order valence-corrected chi connectivity index (χ4v) is 2.67. The number of hydrogen-bond donors (Lipinski definition) is 0. The Morgan fingerprint density at radius 3 is 2.31 bits per heavy atom. The number of aromatic nitrogens is 5. The fourth-order valence-electron chi connectivity index (χ4n) is 2.67.